The van der Waals surface area contributed by atoms with E-state index >= 15 is 0 Å². The topological polar surface area (TPSA) is 70.2 Å². The van der Waals surface area contributed by atoms with Crippen LogP contribution in [0.3, 0.4) is 0 Å². The number of amides is 2. The lowest BCUT2D eigenvalue weighted by Gasteiger charge is -2.24. The predicted molar refractivity (Wildman–Crippen MR) is 104 cm³/mol. The highest BCUT2D eigenvalue weighted by Crippen LogP contribution is 2.33. The Kier molecular flexibility index (Phi) is 5.97. The molecule has 5 heteroatoms. The third-order valence-electron chi connectivity index (χ3n) is 5.60. The van der Waals surface area contributed by atoms with Gasteiger partial charge in [-0.1, -0.05) is 26.7 Å². The molecule has 0 bridgehead atoms. The highest BCUT2D eigenvalue weighted by atomic mass is 16.2. The van der Waals surface area contributed by atoms with E-state index in [1.54, 1.807) is 6.07 Å². The van der Waals surface area contributed by atoms with Gasteiger partial charge in [0.25, 0.3) is 5.91 Å². The molecule has 1 saturated heterocycles. The molecule has 3 rings (SSSR count). The van der Waals surface area contributed by atoms with E-state index in [4.69, 9.17) is 0 Å². The monoisotopic (exact) mass is 357 g/mol. The summed E-state index contributed by atoms with van der Waals surface area (Å²) in [5.74, 6) is 1.04. The number of nitrogens with one attached hydrogen (secondary N) is 3. The highest BCUT2D eigenvalue weighted by molar-refractivity contribution is 5.98. The molecule has 1 aliphatic heterocycles. The van der Waals surface area contributed by atoms with Gasteiger partial charge < -0.3 is 16.0 Å². The van der Waals surface area contributed by atoms with Gasteiger partial charge in [-0.3, -0.25) is 9.59 Å². The number of carbonyl (C=O) groups excluding carboxylic acids is 2. The van der Waals surface area contributed by atoms with Crippen LogP contribution in [-0.2, 0) is 4.79 Å². The lowest BCUT2D eigenvalue weighted by molar-refractivity contribution is -0.117. The second-order valence-electron chi connectivity index (χ2n) is 8.23. The minimum atomic E-state index is -0.100. The molecule has 0 aromatic heterocycles. The van der Waals surface area contributed by atoms with E-state index < -0.39 is 0 Å². The van der Waals surface area contributed by atoms with Crippen molar-refractivity contribution in [1.82, 2.24) is 10.6 Å². The Bertz CT molecular complexity index is 657. The van der Waals surface area contributed by atoms with Crippen molar-refractivity contribution in [1.29, 1.82) is 0 Å². The van der Waals surface area contributed by atoms with Crippen LogP contribution in [0.4, 0.5) is 5.69 Å². The minimum Gasteiger partial charge on any atom is -0.352 e. The largest absolute Gasteiger partial charge is 0.352 e. The Labute approximate surface area is 156 Å². The van der Waals surface area contributed by atoms with Gasteiger partial charge >= 0.3 is 0 Å². The fourth-order valence-corrected chi connectivity index (χ4v) is 4.09. The Morgan fingerprint density at radius 2 is 2.00 bits per heavy atom. The van der Waals surface area contributed by atoms with Crippen LogP contribution < -0.4 is 16.0 Å². The number of hydrogen-bond donors (Lipinski definition) is 3. The molecule has 2 aliphatic rings. The maximum absolute atomic E-state index is 12.7. The summed E-state index contributed by atoms with van der Waals surface area (Å²) < 4.78 is 0. The average molecular weight is 357 g/mol. The zero-order valence-corrected chi connectivity index (χ0v) is 16.1. The van der Waals surface area contributed by atoms with Crippen LogP contribution in [0.25, 0.3) is 0 Å². The standard InChI is InChI=1S/C21H31N3O2/c1-13(2)12-22-20(25)16-8-9-17(14(3)10-16)24-21(26)19-11-15-6-4-5-7-18(15)23-19/h8-10,13,15,18-19,23H,4-7,11-12H2,1-3H3,(H,22,25)(H,24,26). The molecule has 2 fully saturated rings. The van der Waals surface area contributed by atoms with Gasteiger partial charge in [0, 0.05) is 23.8 Å². The number of fused-ring (bicyclic) bond motifs is 1. The van der Waals surface area contributed by atoms with Gasteiger partial charge in [-0.05, 0) is 61.8 Å². The van der Waals surface area contributed by atoms with Crippen LogP contribution in [0.2, 0.25) is 0 Å². The fourth-order valence-electron chi connectivity index (χ4n) is 4.09. The van der Waals surface area contributed by atoms with E-state index in [0.717, 1.165) is 17.7 Å². The molecule has 1 aromatic carbocycles. The van der Waals surface area contributed by atoms with Gasteiger partial charge in [0.05, 0.1) is 6.04 Å². The van der Waals surface area contributed by atoms with Gasteiger partial charge in [0.2, 0.25) is 5.91 Å². The third kappa shape index (κ3) is 4.44. The van der Waals surface area contributed by atoms with Crippen LogP contribution in [0.1, 0.15) is 61.9 Å². The van der Waals surface area contributed by atoms with Crippen molar-refractivity contribution in [3.05, 3.63) is 29.3 Å². The molecule has 1 aromatic rings. The summed E-state index contributed by atoms with van der Waals surface area (Å²) in [5, 5.41) is 9.48. The Balaban J connectivity index is 1.59. The van der Waals surface area contributed by atoms with Crippen LogP contribution >= 0.6 is 0 Å². The number of benzene rings is 1. The van der Waals surface area contributed by atoms with Crippen molar-refractivity contribution in [2.45, 2.75) is 65.0 Å². The summed E-state index contributed by atoms with van der Waals surface area (Å²) in [5.41, 5.74) is 2.32. The molecule has 1 heterocycles. The number of carbonyl (C=O) groups is 2. The summed E-state index contributed by atoms with van der Waals surface area (Å²) in [6, 6.07) is 5.86. The second-order valence-corrected chi connectivity index (χ2v) is 8.23. The summed E-state index contributed by atoms with van der Waals surface area (Å²) in [7, 11) is 0. The predicted octanol–water partition coefficient (Wildman–Crippen LogP) is 3.24. The molecular formula is C21H31N3O2. The quantitative estimate of drug-likeness (QED) is 0.758. The van der Waals surface area contributed by atoms with E-state index in [9.17, 15) is 9.59 Å². The Morgan fingerprint density at radius 3 is 2.69 bits per heavy atom. The molecule has 142 valence electrons. The summed E-state index contributed by atoms with van der Waals surface area (Å²) in [4.78, 5) is 24.8. The molecule has 26 heavy (non-hydrogen) atoms. The van der Waals surface area contributed by atoms with Crippen molar-refractivity contribution < 1.29 is 9.59 Å². The van der Waals surface area contributed by atoms with Crippen LogP contribution in [0.5, 0.6) is 0 Å². The molecule has 5 nitrogen and oxygen atoms in total. The van der Waals surface area contributed by atoms with E-state index in [2.05, 4.69) is 29.8 Å². The zero-order chi connectivity index (χ0) is 18.7. The van der Waals surface area contributed by atoms with Crippen LogP contribution in [-0.4, -0.2) is 30.4 Å². The SMILES string of the molecule is Cc1cc(C(=O)NCC(C)C)ccc1NC(=O)C1CC2CCCCC2N1. The maximum atomic E-state index is 12.7. The van der Waals surface area contributed by atoms with Crippen LogP contribution in [0, 0.1) is 18.8 Å². The average Bonchev–Trinajstić information content (AvgIpc) is 3.05. The molecule has 0 radical (unpaired) electrons. The number of hydrogen-bond acceptors (Lipinski definition) is 3. The summed E-state index contributed by atoms with van der Waals surface area (Å²) in [6.45, 7) is 6.72. The van der Waals surface area contributed by atoms with E-state index in [1.165, 1.54) is 25.7 Å². The number of aryl methyl sites for hydroxylation is 1. The molecule has 3 N–H and O–H groups in total. The first kappa shape index (κ1) is 18.9. The van der Waals surface area contributed by atoms with Gasteiger partial charge in [0.15, 0.2) is 0 Å². The summed E-state index contributed by atoms with van der Waals surface area (Å²) >= 11 is 0. The summed E-state index contributed by atoms with van der Waals surface area (Å²) in [6.07, 6.45) is 5.91. The van der Waals surface area contributed by atoms with E-state index in [-0.39, 0.29) is 17.9 Å². The second kappa shape index (κ2) is 8.21. The number of rotatable bonds is 5. The van der Waals surface area contributed by atoms with Gasteiger partial charge in [-0.15, -0.1) is 0 Å². The molecule has 2 amide bonds. The van der Waals surface area contributed by atoms with E-state index in [0.29, 0.717) is 30.0 Å². The van der Waals surface area contributed by atoms with Crippen molar-refractivity contribution in [2.75, 3.05) is 11.9 Å². The lowest BCUT2D eigenvalue weighted by atomic mass is 9.85. The Hall–Kier alpha value is -1.88. The highest BCUT2D eigenvalue weighted by Gasteiger charge is 2.38. The first-order valence-electron chi connectivity index (χ1n) is 9.90. The normalized spacial score (nSPS) is 25.0. The lowest BCUT2D eigenvalue weighted by Crippen LogP contribution is -2.40. The fraction of sp³-hybridized carbons (Fsp3) is 0.619. The number of anilines is 1. The van der Waals surface area contributed by atoms with Crippen molar-refractivity contribution in [3.63, 3.8) is 0 Å². The van der Waals surface area contributed by atoms with Crippen LogP contribution in [0.15, 0.2) is 18.2 Å². The molecule has 3 atom stereocenters. The maximum Gasteiger partial charge on any atom is 0.251 e. The zero-order valence-electron chi connectivity index (χ0n) is 16.1. The van der Waals surface area contributed by atoms with Gasteiger partial charge in [-0.25, -0.2) is 0 Å². The first-order valence-corrected chi connectivity index (χ1v) is 9.90. The first-order chi connectivity index (χ1) is 12.4. The molecule has 0 spiro atoms. The van der Waals surface area contributed by atoms with Crippen molar-refractivity contribution in [2.24, 2.45) is 11.8 Å². The molecule has 1 saturated carbocycles. The molecular weight excluding hydrogens is 326 g/mol. The molecule has 3 unspecified atom stereocenters. The Morgan fingerprint density at radius 1 is 1.23 bits per heavy atom. The van der Waals surface area contributed by atoms with E-state index in [1.807, 2.05) is 19.1 Å². The molecule has 1 aliphatic carbocycles. The van der Waals surface area contributed by atoms with Crippen molar-refractivity contribution >= 4 is 17.5 Å². The van der Waals surface area contributed by atoms with Gasteiger partial charge in [-0.2, -0.15) is 0 Å². The third-order valence-corrected chi connectivity index (χ3v) is 5.60. The minimum absolute atomic E-state index is 0.0412. The smallest absolute Gasteiger partial charge is 0.251 e. The van der Waals surface area contributed by atoms with Gasteiger partial charge in [0.1, 0.15) is 0 Å². The van der Waals surface area contributed by atoms with Crippen molar-refractivity contribution in [3.8, 4) is 0 Å².